The summed E-state index contributed by atoms with van der Waals surface area (Å²) < 4.78 is 5.43. The standard InChI is InChI=1S/C21H23N3O6/c1-21(2,3)30-20(29)23-7-6-11-8-13-14(9-12(11)10-23)19(28)24(18(13)27)15-4-5-16(25)22-17(15)26/h8-9,15H,4-7,10H2,1-3H3,(H,22,25,26). The molecule has 9 heteroatoms. The van der Waals surface area contributed by atoms with Crippen molar-refractivity contribution < 1.29 is 28.7 Å². The molecule has 3 aliphatic heterocycles. The number of fused-ring (bicyclic) bond motifs is 2. The fourth-order valence-electron chi connectivity index (χ4n) is 4.01. The molecule has 0 aromatic heterocycles. The highest BCUT2D eigenvalue weighted by atomic mass is 16.6. The number of nitrogens with zero attached hydrogens (tertiary/aromatic N) is 2. The average Bonchev–Trinajstić information content (AvgIpc) is 2.89. The van der Waals surface area contributed by atoms with Gasteiger partial charge in [-0.2, -0.15) is 0 Å². The lowest BCUT2D eigenvalue weighted by molar-refractivity contribution is -0.136. The fourth-order valence-corrected chi connectivity index (χ4v) is 4.01. The third-order valence-electron chi connectivity index (χ3n) is 5.42. The summed E-state index contributed by atoms with van der Waals surface area (Å²) in [5, 5.41) is 2.18. The molecule has 0 bridgehead atoms. The van der Waals surface area contributed by atoms with Crippen LogP contribution in [0.1, 0.15) is 65.5 Å². The topological polar surface area (TPSA) is 113 Å². The Morgan fingerprint density at radius 2 is 1.67 bits per heavy atom. The molecule has 9 nitrogen and oxygen atoms in total. The zero-order valence-electron chi connectivity index (χ0n) is 17.1. The summed E-state index contributed by atoms with van der Waals surface area (Å²) in [5.74, 6) is -2.13. The van der Waals surface area contributed by atoms with Gasteiger partial charge in [-0.3, -0.25) is 29.4 Å². The quantitative estimate of drug-likeness (QED) is 0.696. The van der Waals surface area contributed by atoms with Crippen molar-refractivity contribution in [2.24, 2.45) is 0 Å². The number of carbonyl (C=O) groups is 5. The fraction of sp³-hybridized carbons (Fsp3) is 0.476. The molecule has 3 heterocycles. The van der Waals surface area contributed by atoms with E-state index in [0.717, 1.165) is 16.0 Å². The molecule has 1 N–H and O–H groups in total. The lowest BCUT2D eigenvalue weighted by Crippen LogP contribution is -2.54. The van der Waals surface area contributed by atoms with E-state index >= 15 is 0 Å². The molecule has 30 heavy (non-hydrogen) atoms. The number of hydrogen-bond donors (Lipinski definition) is 1. The van der Waals surface area contributed by atoms with Crippen LogP contribution in [0.2, 0.25) is 0 Å². The predicted molar refractivity (Wildman–Crippen MR) is 103 cm³/mol. The summed E-state index contributed by atoms with van der Waals surface area (Å²) in [6.07, 6.45) is 0.288. The van der Waals surface area contributed by atoms with E-state index in [-0.39, 0.29) is 30.5 Å². The maximum absolute atomic E-state index is 13.0. The summed E-state index contributed by atoms with van der Waals surface area (Å²) >= 11 is 0. The third kappa shape index (κ3) is 3.44. The molecule has 0 aliphatic carbocycles. The smallest absolute Gasteiger partial charge is 0.410 e. The van der Waals surface area contributed by atoms with Gasteiger partial charge in [-0.25, -0.2) is 4.79 Å². The van der Waals surface area contributed by atoms with Crippen LogP contribution in [0.15, 0.2) is 12.1 Å². The van der Waals surface area contributed by atoms with Crippen molar-refractivity contribution in [1.82, 2.24) is 15.1 Å². The highest BCUT2D eigenvalue weighted by Gasteiger charge is 2.45. The second-order valence-corrected chi connectivity index (χ2v) is 8.77. The highest BCUT2D eigenvalue weighted by molar-refractivity contribution is 6.23. The van der Waals surface area contributed by atoms with Gasteiger partial charge in [-0.15, -0.1) is 0 Å². The first-order valence-corrected chi connectivity index (χ1v) is 9.90. The second kappa shape index (κ2) is 6.93. The van der Waals surface area contributed by atoms with E-state index in [1.54, 1.807) is 37.8 Å². The number of hydrogen-bond acceptors (Lipinski definition) is 6. The van der Waals surface area contributed by atoms with Crippen LogP contribution in [0.5, 0.6) is 0 Å². The molecule has 1 saturated heterocycles. The first kappa shape index (κ1) is 20.1. The van der Waals surface area contributed by atoms with Gasteiger partial charge in [-0.1, -0.05) is 0 Å². The van der Waals surface area contributed by atoms with E-state index < -0.39 is 41.4 Å². The molecule has 158 valence electrons. The van der Waals surface area contributed by atoms with Crippen molar-refractivity contribution in [3.63, 3.8) is 0 Å². The number of nitrogens with one attached hydrogen (secondary N) is 1. The van der Waals surface area contributed by atoms with Crippen molar-refractivity contribution in [2.45, 2.75) is 58.2 Å². The van der Waals surface area contributed by atoms with Gasteiger partial charge in [-0.05, 0) is 56.9 Å². The van der Waals surface area contributed by atoms with Crippen LogP contribution in [-0.4, -0.2) is 57.7 Å². The zero-order valence-corrected chi connectivity index (χ0v) is 17.1. The first-order valence-electron chi connectivity index (χ1n) is 9.90. The number of imide groups is 2. The lowest BCUT2D eigenvalue weighted by atomic mass is 9.94. The Balaban J connectivity index is 1.59. The molecule has 1 unspecified atom stereocenters. The monoisotopic (exact) mass is 413 g/mol. The van der Waals surface area contributed by atoms with Crippen LogP contribution in [0.3, 0.4) is 0 Å². The van der Waals surface area contributed by atoms with Gasteiger partial charge in [0.15, 0.2) is 0 Å². The molecule has 1 aromatic rings. The van der Waals surface area contributed by atoms with E-state index in [2.05, 4.69) is 5.32 Å². The van der Waals surface area contributed by atoms with E-state index in [0.29, 0.717) is 13.0 Å². The maximum Gasteiger partial charge on any atom is 0.410 e. The Morgan fingerprint density at radius 3 is 2.27 bits per heavy atom. The van der Waals surface area contributed by atoms with Crippen molar-refractivity contribution in [3.8, 4) is 0 Å². The van der Waals surface area contributed by atoms with E-state index in [9.17, 15) is 24.0 Å². The summed E-state index contributed by atoms with van der Waals surface area (Å²) in [5.41, 5.74) is 1.53. The lowest BCUT2D eigenvalue weighted by Gasteiger charge is -2.31. The number of ether oxygens (including phenoxy) is 1. The number of carbonyl (C=O) groups excluding carboxylic acids is 5. The number of piperidine rings is 1. The van der Waals surface area contributed by atoms with Crippen LogP contribution in [0.4, 0.5) is 4.79 Å². The molecule has 1 aromatic carbocycles. The Morgan fingerprint density at radius 1 is 1.03 bits per heavy atom. The molecule has 0 spiro atoms. The Labute approximate surface area is 173 Å². The van der Waals surface area contributed by atoms with Crippen LogP contribution in [0, 0.1) is 0 Å². The molecule has 4 rings (SSSR count). The van der Waals surface area contributed by atoms with Crippen LogP contribution in [-0.2, 0) is 27.3 Å². The zero-order chi connectivity index (χ0) is 21.8. The Hall–Kier alpha value is -3.23. The molecular weight excluding hydrogens is 390 g/mol. The van der Waals surface area contributed by atoms with E-state index in [1.807, 2.05) is 0 Å². The van der Waals surface area contributed by atoms with Crippen LogP contribution >= 0.6 is 0 Å². The van der Waals surface area contributed by atoms with Gasteiger partial charge in [0.25, 0.3) is 11.8 Å². The molecule has 0 radical (unpaired) electrons. The van der Waals surface area contributed by atoms with Crippen molar-refractivity contribution in [1.29, 1.82) is 0 Å². The molecular formula is C21H23N3O6. The largest absolute Gasteiger partial charge is 0.444 e. The number of amides is 5. The van der Waals surface area contributed by atoms with Crippen LogP contribution in [0.25, 0.3) is 0 Å². The second-order valence-electron chi connectivity index (χ2n) is 8.77. The summed E-state index contributed by atoms with van der Waals surface area (Å²) in [6, 6.07) is 2.32. The number of benzene rings is 1. The highest BCUT2D eigenvalue weighted by Crippen LogP contribution is 2.32. The minimum absolute atomic E-state index is 0.0746. The van der Waals surface area contributed by atoms with Gasteiger partial charge in [0.2, 0.25) is 11.8 Å². The minimum Gasteiger partial charge on any atom is -0.444 e. The van der Waals surface area contributed by atoms with Gasteiger partial charge < -0.3 is 9.64 Å². The summed E-state index contributed by atoms with van der Waals surface area (Å²) in [4.78, 5) is 64.4. The first-order chi connectivity index (χ1) is 14.0. The Bertz CT molecular complexity index is 993. The van der Waals surface area contributed by atoms with Crippen molar-refractivity contribution in [3.05, 3.63) is 34.4 Å². The van der Waals surface area contributed by atoms with E-state index in [4.69, 9.17) is 4.74 Å². The predicted octanol–water partition coefficient (Wildman–Crippen LogP) is 1.38. The molecule has 3 aliphatic rings. The van der Waals surface area contributed by atoms with E-state index in [1.165, 1.54) is 0 Å². The average molecular weight is 413 g/mol. The third-order valence-corrected chi connectivity index (χ3v) is 5.42. The maximum atomic E-state index is 13.0. The summed E-state index contributed by atoms with van der Waals surface area (Å²) in [6.45, 7) is 6.10. The molecule has 1 fully saturated rings. The molecule has 0 saturated carbocycles. The minimum atomic E-state index is -0.995. The Kier molecular flexibility index (Phi) is 4.63. The number of rotatable bonds is 1. The van der Waals surface area contributed by atoms with Gasteiger partial charge in [0.1, 0.15) is 11.6 Å². The molecule has 1 atom stereocenters. The van der Waals surface area contributed by atoms with Gasteiger partial charge in [0, 0.05) is 19.5 Å². The van der Waals surface area contributed by atoms with Crippen molar-refractivity contribution in [2.75, 3.05) is 6.54 Å². The van der Waals surface area contributed by atoms with Crippen LogP contribution < -0.4 is 5.32 Å². The van der Waals surface area contributed by atoms with Gasteiger partial charge in [0.05, 0.1) is 11.1 Å². The molecule has 5 amide bonds. The van der Waals surface area contributed by atoms with Gasteiger partial charge >= 0.3 is 6.09 Å². The summed E-state index contributed by atoms with van der Waals surface area (Å²) in [7, 11) is 0. The van der Waals surface area contributed by atoms with Crippen molar-refractivity contribution >= 4 is 29.7 Å². The normalized spacial score (nSPS) is 21.4. The SMILES string of the molecule is CC(C)(C)OC(=O)N1CCc2cc3c(cc2C1)C(=O)N(C1CCC(=O)NC1=O)C3=O.